The molecule has 3 aromatic rings. The Morgan fingerprint density at radius 3 is 2.81 bits per heavy atom. The van der Waals surface area contributed by atoms with E-state index in [-0.39, 0.29) is 18.3 Å². The van der Waals surface area contributed by atoms with Crippen molar-refractivity contribution >= 4 is 74.4 Å². The number of ether oxygens (including phenoxy) is 1. The van der Waals surface area contributed by atoms with Crippen LogP contribution in [0, 0.1) is 0 Å². The molecule has 0 radical (unpaired) electrons. The number of halogens is 2. The lowest BCUT2D eigenvalue weighted by Gasteiger charge is -2.28. The molecule has 0 unspecified atom stereocenters. The fourth-order valence-corrected chi connectivity index (χ4v) is 5.11. The fourth-order valence-electron chi connectivity index (χ4n) is 3.36. The molecule has 1 amide bonds. The van der Waals surface area contributed by atoms with Gasteiger partial charge in [-0.3, -0.25) is 14.6 Å². The zero-order valence-corrected chi connectivity index (χ0v) is 20.9. The first-order chi connectivity index (χ1) is 15.1. The van der Waals surface area contributed by atoms with Crippen molar-refractivity contribution in [1.82, 2.24) is 9.88 Å². The average Bonchev–Trinajstić information content (AvgIpc) is 3.22. The first kappa shape index (κ1) is 25.0. The van der Waals surface area contributed by atoms with Gasteiger partial charge in [0.1, 0.15) is 0 Å². The Kier molecular flexibility index (Phi) is 9.40. The molecule has 0 aliphatic carbocycles. The van der Waals surface area contributed by atoms with Gasteiger partial charge in [0, 0.05) is 42.2 Å². The van der Waals surface area contributed by atoms with E-state index in [1.807, 2.05) is 30.3 Å². The Morgan fingerprint density at radius 2 is 2.06 bits per heavy atom. The summed E-state index contributed by atoms with van der Waals surface area (Å²) in [6, 6.07) is 13.7. The number of thiazole rings is 1. The molecule has 2 heterocycles. The van der Waals surface area contributed by atoms with Crippen LogP contribution >= 0.6 is 47.1 Å². The monoisotopic (exact) mass is 509 g/mol. The van der Waals surface area contributed by atoms with Gasteiger partial charge in [0.05, 0.1) is 23.4 Å². The minimum atomic E-state index is -0.0997. The quantitative estimate of drug-likeness (QED) is 0.312. The summed E-state index contributed by atoms with van der Waals surface area (Å²) < 4.78 is 6.53. The van der Waals surface area contributed by atoms with Gasteiger partial charge in [-0.05, 0) is 42.2 Å². The number of carbonyl (C=O) groups is 1. The number of anilines is 1. The largest absolute Gasteiger partial charge is 0.379 e. The molecule has 1 aromatic heterocycles. The number of nitrogens with zero attached hydrogens (tertiary/aromatic N) is 3. The number of morpholine rings is 1. The van der Waals surface area contributed by atoms with Crippen LogP contribution in [-0.4, -0.2) is 61.4 Å². The third-order valence-electron chi connectivity index (χ3n) is 5.14. The smallest absolute Gasteiger partial charge is 0.252 e. The molecule has 0 bridgehead atoms. The summed E-state index contributed by atoms with van der Waals surface area (Å²) in [6.07, 6.45) is 5.41. The highest BCUT2D eigenvalue weighted by Gasteiger charge is 2.20. The Labute approximate surface area is 207 Å². The molecule has 5 nitrogen and oxygen atoms in total. The second-order valence-corrected chi connectivity index (χ2v) is 9.42. The maximum absolute atomic E-state index is 13.2. The summed E-state index contributed by atoms with van der Waals surface area (Å²) in [4.78, 5) is 23.3. The van der Waals surface area contributed by atoms with Crippen molar-refractivity contribution < 1.29 is 9.53 Å². The number of hydrogen-bond acceptors (Lipinski definition) is 6. The molecule has 1 saturated heterocycles. The van der Waals surface area contributed by atoms with Gasteiger partial charge in [-0.2, -0.15) is 0 Å². The topological polar surface area (TPSA) is 45.7 Å². The number of rotatable bonds is 7. The molecule has 1 aliphatic heterocycles. The molecule has 170 valence electrons. The highest BCUT2D eigenvalue weighted by molar-refractivity contribution is 7.98. The van der Waals surface area contributed by atoms with Crippen LogP contribution in [0.4, 0.5) is 5.13 Å². The normalized spacial score (nSPS) is 14.6. The molecular formula is C23H25Cl2N3O2S2. The Bertz CT molecular complexity index is 1080. The molecule has 1 fully saturated rings. The minimum Gasteiger partial charge on any atom is -0.379 e. The van der Waals surface area contributed by atoms with Crippen molar-refractivity contribution in [3.05, 3.63) is 59.1 Å². The first-order valence-corrected chi connectivity index (χ1v) is 12.5. The zero-order valence-electron chi connectivity index (χ0n) is 17.7. The van der Waals surface area contributed by atoms with Crippen LogP contribution in [0.3, 0.4) is 0 Å². The number of carbonyl (C=O) groups excluding carboxylic acids is 1. The van der Waals surface area contributed by atoms with E-state index in [1.165, 1.54) is 4.90 Å². The molecule has 0 spiro atoms. The molecule has 0 saturated carbocycles. The number of hydrogen-bond donors (Lipinski definition) is 0. The van der Waals surface area contributed by atoms with Crippen LogP contribution < -0.4 is 4.90 Å². The van der Waals surface area contributed by atoms with Gasteiger partial charge in [-0.1, -0.05) is 41.1 Å². The van der Waals surface area contributed by atoms with Crippen LogP contribution in [0.2, 0.25) is 5.02 Å². The van der Waals surface area contributed by atoms with Crippen LogP contribution in [0.25, 0.3) is 16.3 Å². The maximum atomic E-state index is 13.2. The minimum absolute atomic E-state index is 0. The number of benzene rings is 2. The predicted octanol–water partition coefficient (Wildman–Crippen LogP) is 5.47. The number of thioether (sulfide) groups is 1. The second kappa shape index (κ2) is 12.0. The van der Waals surface area contributed by atoms with Crippen molar-refractivity contribution in [1.29, 1.82) is 0 Å². The molecule has 2 aromatic carbocycles. The van der Waals surface area contributed by atoms with Crippen molar-refractivity contribution in [2.45, 2.75) is 4.90 Å². The molecule has 4 rings (SSSR count). The number of amides is 1. The SMILES string of the molecule is CSc1ccc2nc(N(CCN3CCOCC3)C(=O)C=Cc3ccccc3Cl)sc2c1.Cl. The van der Waals surface area contributed by atoms with Gasteiger partial charge in [-0.15, -0.1) is 24.2 Å². The molecule has 9 heteroatoms. The third kappa shape index (κ3) is 6.25. The molecule has 0 N–H and O–H groups in total. The summed E-state index contributed by atoms with van der Waals surface area (Å²) in [6.45, 7) is 4.59. The van der Waals surface area contributed by atoms with Crippen LogP contribution in [-0.2, 0) is 9.53 Å². The van der Waals surface area contributed by atoms with Gasteiger partial charge in [-0.25, -0.2) is 4.98 Å². The molecule has 32 heavy (non-hydrogen) atoms. The van der Waals surface area contributed by atoms with E-state index in [1.54, 1.807) is 40.2 Å². The summed E-state index contributed by atoms with van der Waals surface area (Å²) in [5.74, 6) is -0.0997. The van der Waals surface area contributed by atoms with E-state index in [9.17, 15) is 4.79 Å². The van der Waals surface area contributed by atoms with Gasteiger partial charge in [0.25, 0.3) is 5.91 Å². The van der Waals surface area contributed by atoms with Gasteiger partial charge in [0.15, 0.2) is 5.13 Å². The number of aromatic nitrogens is 1. The van der Waals surface area contributed by atoms with Crippen molar-refractivity contribution in [3.8, 4) is 0 Å². The van der Waals surface area contributed by atoms with E-state index in [0.29, 0.717) is 11.6 Å². The standard InChI is InChI=1S/C23H24ClN3O2S2.ClH/c1-30-18-7-8-20-21(16-18)31-23(25-20)27(11-10-26-12-14-29-15-13-26)22(28)9-6-17-4-2-3-5-19(17)24;/h2-9,16H,10-15H2,1H3;1H. The summed E-state index contributed by atoms with van der Waals surface area (Å²) in [5, 5.41) is 1.34. The summed E-state index contributed by atoms with van der Waals surface area (Å²) in [7, 11) is 0. The van der Waals surface area contributed by atoms with E-state index in [0.717, 1.165) is 53.8 Å². The lowest BCUT2D eigenvalue weighted by Crippen LogP contribution is -2.42. The first-order valence-electron chi connectivity index (χ1n) is 10.1. The molecular weight excluding hydrogens is 485 g/mol. The lowest BCUT2D eigenvalue weighted by molar-refractivity contribution is -0.114. The molecule has 0 atom stereocenters. The Hall–Kier alpha value is -1.61. The Balaban J connectivity index is 0.00000289. The highest BCUT2D eigenvalue weighted by atomic mass is 35.5. The van der Waals surface area contributed by atoms with Crippen LogP contribution in [0.1, 0.15) is 5.56 Å². The van der Waals surface area contributed by atoms with Crippen LogP contribution in [0.5, 0.6) is 0 Å². The Morgan fingerprint density at radius 1 is 1.28 bits per heavy atom. The van der Waals surface area contributed by atoms with E-state index < -0.39 is 0 Å². The van der Waals surface area contributed by atoms with E-state index in [2.05, 4.69) is 23.3 Å². The highest BCUT2D eigenvalue weighted by Crippen LogP contribution is 2.32. The summed E-state index contributed by atoms with van der Waals surface area (Å²) in [5.41, 5.74) is 1.73. The van der Waals surface area contributed by atoms with E-state index in [4.69, 9.17) is 21.3 Å². The maximum Gasteiger partial charge on any atom is 0.252 e. The van der Waals surface area contributed by atoms with E-state index >= 15 is 0 Å². The van der Waals surface area contributed by atoms with Crippen molar-refractivity contribution in [2.75, 3.05) is 50.5 Å². The van der Waals surface area contributed by atoms with Crippen LogP contribution in [0.15, 0.2) is 53.4 Å². The van der Waals surface area contributed by atoms with Gasteiger partial charge < -0.3 is 4.74 Å². The second-order valence-electron chi connectivity index (χ2n) is 7.13. The van der Waals surface area contributed by atoms with Gasteiger partial charge in [0.2, 0.25) is 0 Å². The molecule has 1 aliphatic rings. The van der Waals surface area contributed by atoms with Gasteiger partial charge >= 0.3 is 0 Å². The lowest BCUT2D eigenvalue weighted by atomic mass is 10.2. The third-order valence-corrected chi connectivity index (χ3v) is 7.25. The predicted molar refractivity (Wildman–Crippen MR) is 139 cm³/mol. The fraction of sp³-hybridized carbons (Fsp3) is 0.304. The average molecular weight is 511 g/mol. The van der Waals surface area contributed by atoms with Crippen molar-refractivity contribution in [2.24, 2.45) is 0 Å². The summed E-state index contributed by atoms with van der Waals surface area (Å²) >= 11 is 9.49. The number of fused-ring (bicyclic) bond motifs is 1. The van der Waals surface area contributed by atoms with Crippen molar-refractivity contribution in [3.63, 3.8) is 0 Å². The zero-order chi connectivity index (χ0) is 21.6.